The molecule has 0 bridgehead atoms. The lowest BCUT2D eigenvalue weighted by Crippen LogP contribution is -2.32. The predicted molar refractivity (Wildman–Crippen MR) is 84.1 cm³/mol. The number of nitrogens with zero attached hydrogens (tertiary/aromatic N) is 1. The molecule has 0 spiro atoms. The zero-order chi connectivity index (χ0) is 16.9. The molecule has 124 valence electrons. The third-order valence-electron chi connectivity index (χ3n) is 4.32. The van der Waals surface area contributed by atoms with Gasteiger partial charge in [-0.05, 0) is 24.3 Å². The van der Waals surface area contributed by atoms with Gasteiger partial charge in [0.1, 0.15) is 0 Å². The Balaban J connectivity index is 2.05. The first kappa shape index (κ1) is 16.9. The molecule has 1 aromatic rings. The van der Waals surface area contributed by atoms with Crippen molar-refractivity contribution in [3.8, 4) is 0 Å². The molecule has 23 heavy (non-hydrogen) atoms. The van der Waals surface area contributed by atoms with Gasteiger partial charge in [0.05, 0.1) is 11.3 Å². The summed E-state index contributed by atoms with van der Waals surface area (Å²) in [4.78, 5) is 33.6. The van der Waals surface area contributed by atoms with Gasteiger partial charge in [-0.15, -0.1) is 0 Å². The molecule has 0 unspecified atom stereocenters. The standard InChI is InChI=1S/C16H20N2O5/c19-14(17-12-5-4-6-13(9-12)18(22)23)10-16(11-15(20)21)7-2-1-3-8-16/h4-6,9H,1-3,7-8,10-11H2,(H,17,19)(H,20,21). The van der Waals surface area contributed by atoms with Crippen molar-refractivity contribution in [2.24, 2.45) is 5.41 Å². The molecule has 0 atom stereocenters. The van der Waals surface area contributed by atoms with E-state index in [1.165, 1.54) is 18.2 Å². The smallest absolute Gasteiger partial charge is 0.303 e. The molecule has 0 aromatic heterocycles. The summed E-state index contributed by atoms with van der Waals surface area (Å²) in [5.74, 6) is -1.19. The molecule has 1 fully saturated rings. The number of carboxylic acids is 1. The van der Waals surface area contributed by atoms with Crippen LogP contribution in [0.15, 0.2) is 24.3 Å². The highest BCUT2D eigenvalue weighted by Crippen LogP contribution is 2.42. The van der Waals surface area contributed by atoms with Crippen LogP contribution < -0.4 is 5.32 Å². The Labute approximate surface area is 133 Å². The predicted octanol–water partition coefficient (Wildman–Crippen LogP) is 3.35. The zero-order valence-electron chi connectivity index (χ0n) is 12.8. The average Bonchev–Trinajstić information content (AvgIpc) is 2.47. The highest BCUT2D eigenvalue weighted by atomic mass is 16.6. The van der Waals surface area contributed by atoms with Gasteiger partial charge >= 0.3 is 5.97 Å². The van der Waals surface area contributed by atoms with Gasteiger partial charge in [-0.2, -0.15) is 0 Å². The van der Waals surface area contributed by atoms with Crippen molar-refractivity contribution in [1.29, 1.82) is 0 Å². The Morgan fingerprint density at radius 2 is 1.91 bits per heavy atom. The van der Waals surface area contributed by atoms with Crippen LogP contribution in [0.1, 0.15) is 44.9 Å². The third-order valence-corrected chi connectivity index (χ3v) is 4.32. The van der Waals surface area contributed by atoms with Crippen molar-refractivity contribution in [2.75, 3.05) is 5.32 Å². The fraction of sp³-hybridized carbons (Fsp3) is 0.500. The summed E-state index contributed by atoms with van der Waals surface area (Å²) in [7, 11) is 0. The number of hydrogen-bond acceptors (Lipinski definition) is 4. The first-order chi connectivity index (χ1) is 10.9. The van der Waals surface area contributed by atoms with Crippen LogP contribution in [0.3, 0.4) is 0 Å². The topological polar surface area (TPSA) is 110 Å². The van der Waals surface area contributed by atoms with Crippen LogP contribution in [0, 0.1) is 15.5 Å². The number of nitro groups is 1. The molecule has 1 aliphatic rings. The zero-order valence-corrected chi connectivity index (χ0v) is 12.8. The van der Waals surface area contributed by atoms with Crippen LogP contribution in [-0.2, 0) is 9.59 Å². The van der Waals surface area contributed by atoms with Gasteiger partial charge < -0.3 is 10.4 Å². The number of carboxylic acid groups (broad SMARTS) is 1. The van der Waals surface area contributed by atoms with E-state index in [1.54, 1.807) is 6.07 Å². The maximum atomic E-state index is 12.3. The molecule has 0 saturated heterocycles. The Morgan fingerprint density at radius 3 is 2.52 bits per heavy atom. The van der Waals surface area contributed by atoms with E-state index in [-0.39, 0.29) is 24.4 Å². The number of anilines is 1. The number of carbonyl (C=O) groups excluding carboxylic acids is 1. The molecule has 2 N–H and O–H groups in total. The lowest BCUT2D eigenvalue weighted by atomic mass is 9.69. The number of non-ortho nitro benzene ring substituents is 1. The number of rotatable bonds is 6. The van der Waals surface area contributed by atoms with Crippen molar-refractivity contribution >= 4 is 23.3 Å². The minimum absolute atomic E-state index is 0.0185. The Kier molecular flexibility index (Phi) is 5.31. The van der Waals surface area contributed by atoms with Gasteiger partial charge in [0.25, 0.3) is 5.69 Å². The Morgan fingerprint density at radius 1 is 1.22 bits per heavy atom. The molecule has 1 saturated carbocycles. The summed E-state index contributed by atoms with van der Waals surface area (Å²) < 4.78 is 0. The molecule has 0 aliphatic heterocycles. The van der Waals surface area contributed by atoms with Crippen LogP contribution in [-0.4, -0.2) is 21.9 Å². The molecule has 0 radical (unpaired) electrons. The van der Waals surface area contributed by atoms with Gasteiger partial charge in [-0.3, -0.25) is 19.7 Å². The van der Waals surface area contributed by atoms with Gasteiger partial charge in [0, 0.05) is 24.2 Å². The number of carbonyl (C=O) groups is 2. The molecule has 0 heterocycles. The van der Waals surface area contributed by atoms with E-state index in [1.807, 2.05) is 0 Å². The summed E-state index contributed by atoms with van der Waals surface area (Å²) in [5, 5.41) is 22.5. The fourth-order valence-electron chi connectivity index (χ4n) is 3.28. The summed E-state index contributed by atoms with van der Waals surface area (Å²) in [6.45, 7) is 0. The molecule has 1 amide bonds. The number of nitro benzene ring substituents is 1. The maximum Gasteiger partial charge on any atom is 0.303 e. The fourth-order valence-corrected chi connectivity index (χ4v) is 3.28. The van der Waals surface area contributed by atoms with Gasteiger partial charge in [-0.25, -0.2) is 0 Å². The van der Waals surface area contributed by atoms with Crippen molar-refractivity contribution < 1.29 is 19.6 Å². The quantitative estimate of drug-likeness (QED) is 0.617. The molecule has 1 aliphatic carbocycles. The molecule has 1 aromatic carbocycles. The van der Waals surface area contributed by atoms with E-state index in [4.69, 9.17) is 5.11 Å². The largest absolute Gasteiger partial charge is 0.481 e. The van der Waals surface area contributed by atoms with Crippen LogP contribution in [0.5, 0.6) is 0 Å². The van der Waals surface area contributed by atoms with Gasteiger partial charge in [0.15, 0.2) is 0 Å². The van der Waals surface area contributed by atoms with E-state index in [0.29, 0.717) is 5.69 Å². The Hall–Kier alpha value is -2.44. The highest BCUT2D eigenvalue weighted by Gasteiger charge is 2.36. The minimum atomic E-state index is -0.893. The SMILES string of the molecule is O=C(O)CC1(CC(=O)Nc2cccc([N+](=O)[O-])c2)CCCCC1. The lowest BCUT2D eigenvalue weighted by Gasteiger charge is -2.35. The van der Waals surface area contributed by atoms with Crippen LogP contribution in [0.25, 0.3) is 0 Å². The normalized spacial score (nSPS) is 16.5. The van der Waals surface area contributed by atoms with Crippen LogP contribution in [0.2, 0.25) is 0 Å². The number of benzene rings is 1. The van der Waals surface area contributed by atoms with E-state index < -0.39 is 16.3 Å². The van der Waals surface area contributed by atoms with E-state index >= 15 is 0 Å². The third kappa shape index (κ3) is 4.77. The summed E-state index contributed by atoms with van der Waals surface area (Å²) in [6, 6.07) is 5.72. The summed E-state index contributed by atoms with van der Waals surface area (Å²) in [5.41, 5.74) is -0.249. The van der Waals surface area contributed by atoms with E-state index in [0.717, 1.165) is 32.1 Å². The molecule has 2 rings (SSSR count). The minimum Gasteiger partial charge on any atom is -0.481 e. The van der Waals surface area contributed by atoms with Gasteiger partial charge in [-0.1, -0.05) is 25.3 Å². The van der Waals surface area contributed by atoms with E-state index in [2.05, 4.69) is 5.32 Å². The van der Waals surface area contributed by atoms with Crippen LogP contribution in [0.4, 0.5) is 11.4 Å². The highest BCUT2D eigenvalue weighted by molar-refractivity contribution is 5.91. The van der Waals surface area contributed by atoms with Crippen molar-refractivity contribution in [2.45, 2.75) is 44.9 Å². The second kappa shape index (κ2) is 7.21. The summed E-state index contributed by atoms with van der Waals surface area (Å²) >= 11 is 0. The molecule has 7 heteroatoms. The van der Waals surface area contributed by atoms with Gasteiger partial charge in [0.2, 0.25) is 5.91 Å². The number of amides is 1. The van der Waals surface area contributed by atoms with Crippen molar-refractivity contribution in [3.05, 3.63) is 34.4 Å². The van der Waals surface area contributed by atoms with Crippen LogP contribution >= 0.6 is 0 Å². The van der Waals surface area contributed by atoms with Crippen molar-refractivity contribution in [3.63, 3.8) is 0 Å². The first-order valence-corrected chi connectivity index (χ1v) is 7.66. The number of hydrogen-bond donors (Lipinski definition) is 2. The second-order valence-corrected chi connectivity index (χ2v) is 6.16. The lowest BCUT2D eigenvalue weighted by molar-refractivity contribution is -0.384. The number of nitrogens with one attached hydrogen (secondary N) is 1. The number of aliphatic carboxylic acids is 1. The molecular formula is C16H20N2O5. The first-order valence-electron chi connectivity index (χ1n) is 7.66. The second-order valence-electron chi connectivity index (χ2n) is 6.16. The van der Waals surface area contributed by atoms with Crippen molar-refractivity contribution in [1.82, 2.24) is 0 Å². The molecule has 7 nitrogen and oxygen atoms in total. The van der Waals surface area contributed by atoms with E-state index in [9.17, 15) is 19.7 Å². The average molecular weight is 320 g/mol. The monoisotopic (exact) mass is 320 g/mol. The molecular weight excluding hydrogens is 300 g/mol. The maximum absolute atomic E-state index is 12.3. The summed E-state index contributed by atoms with van der Waals surface area (Å²) in [6.07, 6.45) is 4.48. The Bertz CT molecular complexity index is 608.